The lowest BCUT2D eigenvalue weighted by Gasteiger charge is -2.12. The van der Waals surface area contributed by atoms with Gasteiger partial charge in [0, 0.05) is 0 Å². The molecule has 0 aliphatic heterocycles. The lowest BCUT2D eigenvalue weighted by Crippen LogP contribution is -2.46. The number of hydrogen-bond donors (Lipinski definition) is 2. The van der Waals surface area contributed by atoms with Gasteiger partial charge in [0.25, 0.3) is 0 Å². The van der Waals surface area contributed by atoms with Crippen LogP contribution < -0.4 is 5.73 Å². The molecule has 4 heteroatoms. The van der Waals surface area contributed by atoms with Gasteiger partial charge in [0.05, 0.1) is 0 Å². The first-order valence-electron chi connectivity index (χ1n) is 2.09. The van der Waals surface area contributed by atoms with Gasteiger partial charge in [-0.05, 0) is 6.92 Å². The van der Waals surface area contributed by atoms with Crippen molar-refractivity contribution in [2.45, 2.75) is 12.5 Å². The smallest absolute Gasteiger partial charge is 0.326 e. The van der Waals surface area contributed by atoms with Crippen molar-refractivity contribution in [3.63, 3.8) is 0 Å². The molecule has 0 fully saturated rings. The van der Waals surface area contributed by atoms with E-state index in [9.17, 15) is 9.18 Å². The summed E-state index contributed by atoms with van der Waals surface area (Å²) in [5.74, 6) is -1.32. The predicted molar refractivity (Wildman–Crippen MR) is 26.2 cm³/mol. The Hall–Kier alpha value is -0.640. The van der Waals surface area contributed by atoms with E-state index in [1.165, 1.54) is 0 Å². The molecular formula is C4H8FNO2. The maximum absolute atomic E-state index is 11.5. The van der Waals surface area contributed by atoms with Gasteiger partial charge >= 0.3 is 5.97 Å². The number of carboxylic acid groups (broad SMARTS) is 1. The average molecular weight is 120 g/mol. The second-order valence-corrected chi connectivity index (χ2v) is 1.86. The molecule has 0 radical (unpaired) electrons. The Bertz CT molecular complexity index is 102. The fourth-order valence-corrected chi connectivity index (χ4v) is 0.0572. The molecule has 1 atom stereocenters. The van der Waals surface area contributed by atoms with Crippen LogP contribution in [0.15, 0.2) is 0 Å². The van der Waals surface area contributed by atoms with Crippen molar-refractivity contribution in [1.82, 2.24) is 0 Å². The van der Waals surface area contributed by atoms with E-state index in [0.717, 1.165) is 6.92 Å². The summed E-state index contributed by atoms with van der Waals surface area (Å²) in [4.78, 5) is 9.89. The van der Waals surface area contributed by atoms with Gasteiger partial charge in [-0.1, -0.05) is 0 Å². The molecule has 0 aliphatic carbocycles. The standard InChI is InChI=1S/C4H8FNO2/c1-4(6,2-5)3(7)8/h2,6H2,1H3,(H,7,8)/i5-1. The molecule has 0 saturated carbocycles. The van der Waals surface area contributed by atoms with Gasteiger partial charge in [-0.3, -0.25) is 4.79 Å². The molecule has 48 valence electrons. The molecule has 0 saturated heterocycles. The van der Waals surface area contributed by atoms with E-state index >= 15 is 0 Å². The van der Waals surface area contributed by atoms with Crippen LogP contribution in [0.5, 0.6) is 0 Å². The monoisotopic (exact) mass is 120 g/mol. The van der Waals surface area contributed by atoms with Crippen LogP contribution in [-0.4, -0.2) is 23.3 Å². The highest BCUT2D eigenvalue weighted by atomic mass is 18.2. The molecule has 0 aromatic heterocycles. The van der Waals surface area contributed by atoms with E-state index in [-0.39, 0.29) is 0 Å². The topological polar surface area (TPSA) is 63.3 Å². The van der Waals surface area contributed by atoms with E-state index in [0.29, 0.717) is 0 Å². The van der Waals surface area contributed by atoms with E-state index in [1.54, 1.807) is 0 Å². The Morgan fingerprint density at radius 2 is 2.38 bits per heavy atom. The first-order valence-corrected chi connectivity index (χ1v) is 2.09. The highest BCUT2D eigenvalue weighted by Crippen LogP contribution is 1.97. The molecule has 0 aliphatic rings. The number of rotatable bonds is 2. The van der Waals surface area contributed by atoms with Gasteiger partial charge in [0.15, 0.2) is 0 Å². The summed E-state index contributed by atoms with van der Waals surface area (Å²) < 4.78 is 11.5. The maximum atomic E-state index is 11.5. The summed E-state index contributed by atoms with van der Waals surface area (Å²) in [6, 6.07) is 0. The number of aliphatic carboxylic acids is 1. The second-order valence-electron chi connectivity index (χ2n) is 1.86. The van der Waals surface area contributed by atoms with Gasteiger partial charge in [0.1, 0.15) is 12.2 Å². The zero-order valence-electron chi connectivity index (χ0n) is 4.52. The van der Waals surface area contributed by atoms with Crippen molar-refractivity contribution in [2.75, 3.05) is 6.67 Å². The molecule has 0 bridgehead atoms. The summed E-state index contributed by atoms with van der Waals surface area (Å²) in [6.07, 6.45) is 0. The number of carbonyl (C=O) groups is 1. The van der Waals surface area contributed by atoms with Crippen LogP contribution in [-0.2, 0) is 4.79 Å². The van der Waals surface area contributed by atoms with Gasteiger partial charge < -0.3 is 10.8 Å². The molecule has 3 N–H and O–H groups in total. The lowest BCUT2D eigenvalue weighted by molar-refractivity contribution is -0.143. The Kier molecular flexibility index (Phi) is 1.92. The van der Waals surface area contributed by atoms with Crippen molar-refractivity contribution in [3.8, 4) is 0 Å². The van der Waals surface area contributed by atoms with Crippen molar-refractivity contribution >= 4 is 5.97 Å². The van der Waals surface area contributed by atoms with E-state index in [4.69, 9.17) is 10.8 Å². The summed E-state index contributed by atoms with van der Waals surface area (Å²) in [7, 11) is 0. The SMILES string of the molecule is CC(N)(C[18F])C(=O)O. The highest BCUT2D eigenvalue weighted by Gasteiger charge is 2.27. The van der Waals surface area contributed by atoms with Crippen LogP contribution >= 0.6 is 0 Å². The fraction of sp³-hybridized carbons (Fsp3) is 0.750. The molecule has 1 unspecified atom stereocenters. The Morgan fingerprint density at radius 1 is 2.00 bits per heavy atom. The number of hydrogen-bond acceptors (Lipinski definition) is 2. The zero-order chi connectivity index (χ0) is 6.78. The third-order valence-corrected chi connectivity index (χ3v) is 0.766. The van der Waals surface area contributed by atoms with E-state index < -0.39 is 18.2 Å². The molecule has 0 aromatic rings. The molecule has 0 spiro atoms. The van der Waals surface area contributed by atoms with Crippen LogP contribution in [0.1, 0.15) is 6.92 Å². The Morgan fingerprint density at radius 3 is 2.38 bits per heavy atom. The van der Waals surface area contributed by atoms with Crippen molar-refractivity contribution < 1.29 is 14.3 Å². The van der Waals surface area contributed by atoms with Gasteiger partial charge in [-0.25, -0.2) is 4.39 Å². The molecule has 0 amide bonds. The average Bonchev–Trinajstić information content (AvgIpc) is 1.67. The largest absolute Gasteiger partial charge is 0.480 e. The first-order chi connectivity index (χ1) is 3.50. The number of nitrogens with two attached hydrogens (primary N) is 1. The van der Waals surface area contributed by atoms with Crippen LogP contribution in [0.3, 0.4) is 0 Å². The molecular weight excluding hydrogens is 112 g/mol. The zero-order valence-corrected chi connectivity index (χ0v) is 4.52. The van der Waals surface area contributed by atoms with Crippen LogP contribution in [0, 0.1) is 0 Å². The van der Waals surface area contributed by atoms with E-state index in [2.05, 4.69) is 0 Å². The fourth-order valence-electron chi connectivity index (χ4n) is 0.0572. The lowest BCUT2D eigenvalue weighted by atomic mass is 10.1. The molecule has 3 nitrogen and oxygen atoms in total. The predicted octanol–water partition coefficient (Wildman–Crippen LogP) is -0.242. The highest BCUT2D eigenvalue weighted by molar-refractivity contribution is 5.77. The number of halogens is 1. The van der Waals surface area contributed by atoms with E-state index in [1.807, 2.05) is 0 Å². The van der Waals surface area contributed by atoms with Crippen LogP contribution in [0.25, 0.3) is 0 Å². The third-order valence-electron chi connectivity index (χ3n) is 0.766. The summed E-state index contributed by atoms with van der Waals surface area (Å²) in [5.41, 5.74) is 3.18. The van der Waals surface area contributed by atoms with Gasteiger partial charge in [0.2, 0.25) is 0 Å². The molecule has 0 aromatic carbocycles. The third kappa shape index (κ3) is 1.46. The summed E-state index contributed by atoms with van der Waals surface area (Å²) in [6.45, 7) is 0.0810. The van der Waals surface area contributed by atoms with Crippen molar-refractivity contribution in [2.24, 2.45) is 5.73 Å². The van der Waals surface area contributed by atoms with Crippen molar-refractivity contribution in [3.05, 3.63) is 0 Å². The second kappa shape index (κ2) is 2.09. The molecule has 0 heterocycles. The Labute approximate surface area is 46.3 Å². The Balaban J connectivity index is 3.91. The maximum Gasteiger partial charge on any atom is 0.326 e. The molecule has 0 rings (SSSR count). The number of carboxylic acids is 1. The minimum atomic E-state index is -1.71. The first kappa shape index (κ1) is 7.36. The van der Waals surface area contributed by atoms with Crippen LogP contribution in [0.4, 0.5) is 4.39 Å². The van der Waals surface area contributed by atoms with Gasteiger partial charge in [-0.15, -0.1) is 0 Å². The van der Waals surface area contributed by atoms with Gasteiger partial charge in [-0.2, -0.15) is 0 Å². The van der Waals surface area contributed by atoms with Crippen LogP contribution in [0.2, 0.25) is 0 Å². The quantitative estimate of drug-likeness (QED) is 0.528. The normalized spacial score (nSPS) is 17.4. The number of alkyl halides is 1. The minimum absolute atomic E-state index is 1.04. The molecule has 8 heavy (non-hydrogen) atoms. The minimum Gasteiger partial charge on any atom is -0.480 e. The summed E-state index contributed by atoms with van der Waals surface area (Å²) in [5, 5.41) is 8.08. The van der Waals surface area contributed by atoms with Crippen molar-refractivity contribution in [1.29, 1.82) is 0 Å². The summed E-state index contributed by atoms with van der Waals surface area (Å²) >= 11 is 0.